The Bertz CT molecular complexity index is 450. The van der Waals surface area contributed by atoms with Gasteiger partial charge in [-0.15, -0.1) is 0 Å². The van der Waals surface area contributed by atoms with Crippen LogP contribution in [0.4, 0.5) is 0 Å². The molecule has 0 heterocycles. The highest BCUT2D eigenvalue weighted by atomic mass is 35.5. The van der Waals surface area contributed by atoms with E-state index in [1.807, 2.05) is 31.2 Å². The van der Waals surface area contributed by atoms with Crippen molar-refractivity contribution < 1.29 is 4.79 Å². The Kier molecular flexibility index (Phi) is 4.83. The molecule has 0 saturated heterocycles. The molecule has 0 radical (unpaired) electrons. The van der Waals surface area contributed by atoms with E-state index >= 15 is 0 Å². The van der Waals surface area contributed by atoms with Crippen molar-refractivity contribution in [1.29, 1.82) is 0 Å². The lowest BCUT2D eigenvalue weighted by molar-refractivity contribution is -0.126. The molecule has 0 aliphatic heterocycles. The first kappa shape index (κ1) is 14.4. The van der Waals surface area contributed by atoms with Crippen LogP contribution in [0.3, 0.4) is 0 Å². The molecule has 2 unspecified atom stereocenters. The number of carbonyl (C=O) groups excluding carboxylic acids is 1. The Morgan fingerprint density at radius 1 is 1.42 bits per heavy atom. The second kappa shape index (κ2) is 6.40. The number of halogens is 1. The van der Waals surface area contributed by atoms with E-state index in [1.165, 1.54) is 0 Å². The zero-order valence-corrected chi connectivity index (χ0v) is 12.0. The maximum absolute atomic E-state index is 12.2. The van der Waals surface area contributed by atoms with Crippen molar-refractivity contribution >= 4 is 17.5 Å². The summed E-state index contributed by atoms with van der Waals surface area (Å²) in [6, 6.07) is 7.70. The molecular formula is C15H21ClN2O. The maximum atomic E-state index is 12.2. The minimum Gasteiger partial charge on any atom is -0.349 e. The highest BCUT2D eigenvalue weighted by molar-refractivity contribution is 6.31. The molecule has 1 amide bonds. The van der Waals surface area contributed by atoms with E-state index in [1.54, 1.807) is 0 Å². The molecule has 1 aromatic carbocycles. The SMILES string of the molecule is C[C@H](NC(=O)C1CCCC(N)C1)c1ccccc1Cl. The van der Waals surface area contributed by atoms with Gasteiger partial charge in [-0.2, -0.15) is 0 Å². The van der Waals surface area contributed by atoms with Crippen LogP contribution in [0.15, 0.2) is 24.3 Å². The minimum absolute atomic E-state index is 0.0497. The Hall–Kier alpha value is -1.06. The van der Waals surface area contributed by atoms with Gasteiger partial charge in [0.05, 0.1) is 6.04 Å². The minimum atomic E-state index is -0.0700. The Morgan fingerprint density at radius 2 is 2.16 bits per heavy atom. The molecule has 4 heteroatoms. The van der Waals surface area contributed by atoms with E-state index in [4.69, 9.17) is 17.3 Å². The molecule has 1 saturated carbocycles. The van der Waals surface area contributed by atoms with Crippen LogP contribution in [0, 0.1) is 5.92 Å². The molecule has 3 N–H and O–H groups in total. The van der Waals surface area contributed by atoms with E-state index in [9.17, 15) is 4.79 Å². The molecule has 1 aliphatic rings. The van der Waals surface area contributed by atoms with E-state index < -0.39 is 0 Å². The van der Waals surface area contributed by atoms with Gasteiger partial charge in [0.2, 0.25) is 5.91 Å². The third kappa shape index (κ3) is 3.71. The van der Waals surface area contributed by atoms with E-state index in [-0.39, 0.29) is 23.9 Å². The smallest absolute Gasteiger partial charge is 0.223 e. The third-order valence-corrected chi connectivity index (χ3v) is 4.16. The number of nitrogens with one attached hydrogen (secondary N) is 1. The first-order valence-corrected chi connectivity index (χ1v) is 7.26. The molecule has 19 heavy (non-hydrogen) atoms. The van der Waals surface area contributed by atoms with Crippen molar-refractivity contribution in [1.82, 2.24) is 5.32 Å². The van der Waals surface area contributed by atoms with Gasteiger partial charge in [0.1, 0.15) is 0 Å². The molecule has 1 aliphatic carbocycles. The van der Waals surface area contributed by atoms with E-state index in [0.717, 1.165) is 31.2 Å². The molecule has 0 spiro atoms. The number of hydrogen-bond acceptors (Lipinski definition) is 2. The first-order valence-electron chi connectivity index (χ1n) is 6.88. The molecule has 104 valence electrons. The zero-order chi connectivity index (χ0) is 13.8. The lowest BCUT2D eigenvalue weighted by Gasteiger charge is -2.27. The van der Waals surface area contributed by atoms with Crippen LogP contribution < -0.4 is 11.1 Å². The topological polar surface area (TPSA) is 55.1 Å². The van der Waals surface area contributed by atoms with Gasteiger partial charge in [-0.1, -0.05) is 36.2 Å². The molecular weight excluding hydrogens is 260 g/mol. The van der Waals surface area contributed by atoms with Crippen LogP contribution in [0.25, 0.3) is 0 Å². The summed E-state index contributed by atoms with van der Waals surface area (Å²) in [6.45, 7) is 1.96. The first-order chi connectivity index (χ1) is 9.08. The number of nitrogens with two attached hydrogens (primary N) is 1. The predicted molar refractivity (Wildman–Crippen MR) is 77.9 cm³/mol. The summed E-state index contributed by atoms with van der Waals surface area (Å²) in [6.07, 6.45) is 3.80. The van der Waals surface area contributed by atoms with Crippen LogP contribution in [0.1, 0.15) is 44.2 Å². The number of hydrogen-bond donors (Lipinski definition) is 2. The van der Waals surface area contributed by atoms with Crippen LogP contribution in [0.2, 0.25) is 5.02 Å². The molecule has 3 atom stereocenters. The number of carbonyl (C=O) groups is 1. The van der Waals surface area contributed by atoms with Crippen LogP contribution in [0.5, 0.6) is 0 Å². The average Bonchev–Trinajstić information content (AvgIpc) is 2.39. The summed E-state index contributed by atoms with van der Waals surface area (Å²) in [4.78, 5) is 12.2. The van der Waals surface area contributed by atoms with E-state index in [0.29, 0.717) is 5.02 Å². The van der Waals surface area contributed by atoms with Gasteiger partial charge in [-0.25, -0.2) is 0 Å². The third-order valence-electron chi connectivity index (χ3n) is 3.82. The standard InChI is InChI=1S/C15H21ClN2O/c1-10(13-7-2-3-8-14(13)16)18-15(19)11-5-4-6-12(17)9-11/h2-3,7-8,10-12H,4-6,9,17H2,1H3,(H,18,19)/t10-,11?,12?/m0/s1. The number of amides is 1. The van der Waals surface area contributed by atoms with E-state index in [2.05, 4.69) is 5.32 Å². The van der Waals surface area contributed by atoms with Gasteiger partial charge in [-0.05, 0) is 37.8 Å². The largest absolute Gasteiger partial charge is 0.349 e. The van der Waals surface area contributed by atoms with Gasteiger partial charge in [0.25, 0.3) is 0 Å². The van der Waals surface area contributed by atoms with Gasteiger partial charge >= 0.3 is 0 Å². The summed E-state index contributed by atoms with van der Waals surface area (Å²) in [5.74, 6) is 0.149. The normalized spacial score (nSPS) is 24.8. The highest BCUT2D eigenvalue weighted by Gasteiger charge is 2.26. The predicted octanol–water partition coefficient (Wildman–Crippen LogP) is 3.03. The van der Waals surface area contributed by atoms with Crippen molar-refractivity contribution in [3.8, 4) is 0 Å². The van der Waals surface area contributed by atoms with Crippen molar-refractivity contribution in [2.24, 2.45) is 11.7 Å². The maximum Gasteiger partial charge on any atom is 0.223 e. The van der Waals surface area contributed by atoms with Crippen molar-refractivity contribution in [3.05, 3.63) is 34.9 Å². The second-order valence-electron chi connectivity index (χ2n) is 5.38. The lowest BCUT2D eigenvalue weighted by Crippen LogP contribution is -2.38. The molecule has 2 rings (SSSR count). The molecule has 3 nitrogen and oxygen atoms in total. The quantitative estimate of drug-likeness (QED) is 0.894. The molecule has 1 aromatic rings. The van der Waals surface area contributed by atoms with Crippen LogP contribution in [-0.2, 0) is 4.79 Å². The fraction of sp³-hybridized carbons (Fsp3) is 0.533. The average molecular weight is 281 g/mol. The fourth-order valence-electron chi connectivity index (χ4n) is 2.70. The summed E-state index contributed by atoms with van der Waals surface area (Å²) in [5.41, 5.74) is 6.88. The fourth-order valence-corrected chi connectivity index (χ4v) is 3.00. The van der Waals surface area contributed by atoms with Gasteiger partial charge < -0.3 is 11.1 Å². The Balaban J connectivity index is 1.97. The van der Waals surface area contributed by atoms with Crippen LogP contribution in [-0.4, -0.2) is 11.9 Å². The molecule has 1 fully saturated rings. The van der Waals surface area contributed by atoms with Gasteiger partial charge in [-0.3, -0.25) is 4.79 Å². The Morgan fingerprint density at radius 3 is 2.84 bits per heavy atom. The Labute approximate surface area is 119 Å². The van der Waals surface area contributed by atoms with Crippen LogP contribution >= 0.6 is 11.6 Å². The summed E-state index contributed by atoms with van der Waals surface area (Å²) < 4.78 is 0. The summed E-state index contributed by atoms with van der Waals surface area (Å²) >= 11 is 6.14. The van der Waals surface area contributed by atoms with Crippen molar-refractivity contribution in [2.75, 3.05) is 0 Å². The monoisotopic (exact) mass is 280 g/mol. The highest BCUT2D eigenvalue weighted by Crippen LogP contribution is 2.26. The summed E-state index contributed by atoms with van der Waals surface area (Å²) in [5, 5.41) is 3.74. The second-order valence-corrected chi connectivity index (χ2v) is 5.78. The lowest BCUT2D eigenvalue weighted by atomic mass is 9.85. The molecule has 0 bridgehead atoms. The summed E-state index contributed by atoms with van der Waals surface area (Å²) in [7, 11) is 0. The number of rotatable bonds is 3. The van der Waals surface area contributed by atoms with Crippen molar-refractivity contribution in [2.45, 2.75) is 44.7 Å². The zero-order valence-electron chi connectivity index (χ0n) is 11.2. The van der Waals surface area contributed by atoms with Gasteiger partial charge in [0.15, 0.2) is 0 Å². The number of benzene rings is 1. The van der Waals surface area contributed by atoms with Gasteiger partial charge in [0, 0.05) is 17.0 Å². The molecule has 0 aromatic heterocycles. The van der Waals surface area contributed by atoms with Crippen molar-refractivity contribution in [3.63, 3.8) is 0 Å².